The van der Waals surface area contributed by atoms with Gasteiger partial charge in [-0.1, -0.05) is 0 Å². The van der Waals surface area contributed by atoms with Crippen LogP contribution in [0, 0.1) is 5.82 Å². The summed E-state index contributed by atoms with van der Waals surface area (Å²) in [7, 11) is 1.74. The molecule has 2 aliphatic rings. The van der Waals surface area contributed by atoms with Gasteiger partial charge in [0, 0.05) is 45.0 Å². The molecular formula is C24H28FN3O4. The Morgan fingerprint density at radius 1 is 1.12 bits per heavy atom. The number of likely N-dealkylation sites (tertiary alicyclic amines) is 1. The van der Waals surface area contributed by atoms with E-state index in [0.717, 1.165) is 37.4 Å². The first kappa shape index (κ1) is 22.1. The molecule has 0 N–H and O–H groups in total. The zero-order chi connectivity index (χ0) is 22.7. The highest BCUT2D eigenvalue weighted by Crippen LogP contribution is 2.25. The van der Waals surface area contributed by atoms with E-state index >= 15 is 0 Å². The summed E-state index contributed by atoms with van der Waals surface area (Å²) in [5, 5.41) is 0. The molecule has 0 saturated carbocycles. The smallest absolute Gasteiger partial charge is 0.414 e. The quantitative estimate of drug-likeness (QED) is 0.685. The number of rotatable bonds is 6. The lowest BCUT2D eigenvalue weighted by Crippen LogP contribution is -2.42. The molecule has 1 unspecified atom stereocenters. The Kier molecular flexibility index (Phi) is 6.60. The normalized spacial score (nSPS) is 19.7. The number of hydrogen-bond acceptors (Lipinski definition) is 5. The van der Waals surface area contributed by atoms with Crippen molar-refractivity contribution in [2.75, 3.05) is 43.0 Å². The number of hydrogen-bond donors (Lipinski definition) is 0. The van der Waals surface area contributed by atoms with Crippen LogP contribution in [0.2, 0.25) is 0 Å². The van der Waals surface area contributed by atoms with Gasteiger partial charge in [-0.25, -0.2) is 9.18 Å². The number of carbonyl (C=O) groups is 2. The van der Waals surface area contributed by atoms with Crippen molar-refractivity contribution in [3.05, 3.63) is 54.3 Å². The average Bonchev–Trinajstić information content (AvgIpc) is 3.15. The fourth-order valence-electron chi connectivity index (χ4n) is 4.07. The van der Waals surface area contributed by atoms with Gasteiger partial charge in [0.2, 0.25) is 5.91 Å². The maximum absolute atomic E-state index is 13.1. The third-order valence-electron chi connectivity index (χ3n) is 6.01. The van der Waals surface area contributed by atoms with Crippen molar-refractivity contribution in [2.45, 2.75) is 32.0 Å². The van der Waals surface area contributed by atoms with Gasteiger partial charge in [0.15, 0.2) is 0 Å². The molecule has 4 rings (SSSR count). The predicted octanol–water partition coefficient (Wildman–Crippen LogP) is 3.68. The summed E-state index contributed by atoms with van der Waals surface area (Å²) < 4.78 is 24.8. The van der Waals surface area contributed by atoms with Crippen molar-refractivity contribution in [2.24, 2.45) is 0 Å². The topological polar surface area (TPSA) is 62.3 Å². The van der Waals surface area contributed by atoms with Crippen LogP contribution < -0.4 is 14.5 Å². The molecule has 2 aromatic rings. The predicted molar refractivity (Wildman–Crippen MR) is 120 cm³/mol. The van der Waals surface area contributed by atoms with Crippen molar-refractivity contribution in [3.8, 4) is 5.75 Å². The highest BCUT2D eigenvalue weighted by molar-refractivity contribution is 5.91. The molecule has 2 fully saturated rings. The van der Waals surface area contributed by atoms with Gasteiger partial charge in [0.05, 0.1) is 6.54 Å². The lowest BCUT2D eigenvalue weighted by molar-refractivity contribution is -0.116. The van der Waals surface area contributed by atoms with Gasteiger partial charge in [-0.3, -0.25) is 14.6 Å². The minimum absolute atomic E-state index is 0.0141. The summed E-state index contributed by atoms with van der Waals surface area (Å²) >= 11 is 0. The van der Waals surface area contributed by atoms with Gasteiger partial charge >= 0.3 is 6.09 Å². The third-order valence-corrected chi connectivity index (χ3v) is 6.01. The Balaban J connectivity index is 1.23. The summed E-state index contributed by atoms with van der Waals surface area (Å²) in [4.78, 5) is 29.1. The number of anilines is 2. The summed E-state index contributed by atoms with van der Waals surface area (Å²) in [6, 6.07) is 13.4. The standard InChI is InChI=1S/C24H28FN3O4/c1-17(29)26(2)19-7-9-21(10-8-19)31-22-11-13-27(14-12-22)15-23-16-28(24(30)32-23)20-5-3-18(25)4-6-20/h3-10,22-23H,11-16H2,1-2H3. The molecule has 0 bridgehead atoms. The van der Waals surface area contributed by atoms with Crippen molar-refractivity contribution in [3.63, 3.8) is 0 Å². The first-order chi connectivity index (χ1) is 15.4. The minimum Gasteiger partial charge on any atom is -0.490 e. The minimum atomic E-state index is -0.390. The van der Waals surface area contributed by atoms with E-state index in [0.29, 0.717) is 18.8 Å². The summed E-state index contributed by atoms with van der Waals surface area (Å²) in [6.45, 7) is 4.38. The van der Waals surface area contributed by atoms with Crippen LogP contribution in [0.15, 0.2) is 48.5 Å². The van der Waals surface area contributed by atoms with Crippen LogP contribution in [0.5, 0.6) is 5.75 Å². The summed E-state index contributed by atoms with van der Waals surface area (Å²) in [5.41, 5.74) is 1.48. The molecule has 2 aromatic carbocycles. The number of piperidine rings is 1. The molecule has 0 spiro atoms. The maximum atomic E-state index is 13.1. The molecule has 1 atom stereocenters. The SMILES string of the molecule is CC(=O)N(C)c1ccc(OC2CCN(CC3CN(c4ccc(F)cc4)C(=O)O3)CC2)cc1. The van der Waals surface area contributed by atoms with Crippen LogP contribution in [-0.2, 0) is 9.53 Å². The van der Waals surface area contributed by atoms with Crippen molar-refractivity contribution in [1.29, 1.82) is 0 Å². The van der Waals surface area contributed by atoms with Crippen LogP contribution in [0.25, 0.3) is 0 Å². The summed E-state index contributed by atoms with van der Waals surface area (Å²) in [6.07, 6.45) is 1.30. The highest BCUT2D eigenvalue weighted by Gasteiger charge is 2.34. The number of amides is 2. The van der Waals surface area contributed by atoms with Gasteiger partial charge in [-0.15, -0.1) is 0 Å². The largest absolute Gasteiger partial charge is 0.490 e. The van der Waals surface area contributed by atoms with Gasteiger partial charge in [-0.05, 0) is 61.4 Å². The van der Waals surface area contributed by atoms with Crippen molar-refractivity contribution in [1.82, 2.24) is 4.90 Å². The maximum Gasteiger partial charge on any atom is 0.414 e. The van der Waals surface area contributed by atoms with E-state index in [4.69, 9.17) is 9.47 Å². The van der Waals surface area contributed by atoms with Gasteiger partial charge < -0.3 is 14.4 Å². The second-order valence-corrected chi connectivity index (χ2v) is 8.28. The number of ether oxygens (including phenoxy) is 2. The molecule has 2 amide bonds. The van der Waals surface area contributed by atoms with E-state index in [2.05, 4.69) is 4.90 Å². The number of cyclic esters (lactones) is 1. The molecule has 8 heteroatoms. The van der Waals surface area contributed by atoms with Gasteiger partial charge in [0.1, 0.15) is 23.8 Å². The Morgan fingerprint density at radius 2 is 1.78 bits per heavy atom. The fourth-order valence-corrected chi connectivity index (χ4v) is 4.07. The number of nitrogens with zero attached hydrogens (tertiary/aromatic N) is 3. The lowest BCUT2D eigenvalue weighted by atomic mass is 10.1. The molecular weight excluding hydrogens is 413 g/mol. The van der Waals surface area contributed by atoms with Crippen LogP contribution in [-0.4, -0.2) is 62.3 Å². The van der Waals surface area contributed by atoms with E-state index in [1.54, 1.807) is 29.0 Å². The Morgan fingerprint density at radius 3 is 2.41 bits per heavy atom. The average molecular weight is 442 g/mol. The molecule has 0 radical (unpaired) electrons. The molecule has 0 aliphatic carbocycles. The monoisotopic (exact) mass is 441 g/mol. The Labute approximate surface area is 187 Å². The number of halogens is 1. The van der Waals surface area contributed by atoms with E-state index in [1.807, 2.05) is 24.3 Å². The molecule has 2 aliphatic heterocycles. The molecule has 2 heterocycles. The lowest BCUT2D eigenvalue weighted by Gasteiger charge is -2.33. The fraction of sp³-hybridized carbons (Fsp3) is 0.417. The number of carbonyl (C=O) groups excluding carboxylic acids is 2. The molecule has 2 saturated heterocycles. The second kappa shape index (κ2) is 9.56. The van der Waals surface area contributed by atoms with Gasteiger partial charge in [0.25, 0.3) is 0 Å². The first-order valence-corrected chi connectivity index (χ1v) is 10.9. The van der Waals surface area contributed by atoms with Crippen LogP contribution in [0.1, 0.15) is 19.8 Å². The number of benzene rings is 2. The zero-order valence-electron chi connectivity index (χ0n) is 18.4. The summed E-state index contributed by atoms with van der Waals surface area (Å²) in [5.74, 6) is 0.450. The molecule has 7 nitrogen and oxygen atoms in total. The highest BCUT2D eigenvalue weighted by atomic mass is 19.1. The molecule has 170 valence electrons. The Hall–Kier alpha value is -3.13. The Bertz CT molecular complexity index is 943. The first-order valence-electron chi connectivity index (χ1n) is 10.9. The van der Waals surface area contributed by atoms with Crippen molar-refractivity contribution >= 4 is 23.4 Å². The van der Waals surface area contributed by atoms with E-state index in [9.17, 15) is 14.0 Å². The van der Waals surface area contributed by atoms with Crippen LogP contribution >= 0.6 is 0 Å². The van der Waals surface area contributed by atoms with E-state index < -0.39 is 6.09 Å². The third kappa shape index (κ3) is 5.19. The van der Waals surface area contributed by atoms with Crippen LogP contribution in [0.4, 0.5) is 20.6 Å². The molecule has 32 heavy (non-hydrogen) atoms. The van der Waals surface area contributed by atoms with E-state index in [1.165, 1.54) is 19.1 Å². The van der Waals surface area contributed by atoms with Crippen molar-refractivity contribution < 1.29 is 23.5 Å². The van der Waals surface area contributed by atoms with Gasteiger partial charge in [-0.2, -0.15) is 0 Å². The van der Waals surface area contributed by atoms with E-state index in [-0.39, 0.29) is 23.9 Å². The molecule has 0 aromatic heterocycles. The zero-order valence-corrected chi connectivity index (χ0v) is 18.4. The second-order valence-electron chi connectivity index (χ2n) is 8.28. The van der Waals surface area contributed by atoms with Crippen LogP contribution in [0.3, 0.4) is 0 Å².